The molecule has 0 atom stereocenters. The molecule has 0 amide bonds. The molecule has 0 aliphatic heterocycles. The Balaban J connectivity index is 1.83. The van der Waals surface area contributed by atoms with Crippen LogP contribution >= 0.6 is 34.7 Å². The summed E-state index contributed by atoms with van der Waals surface area (Å²) in [6.07, 6.45) is 3.89. The van der Waals surface area contributed by atoms with Crippen molar-refractivity contribution < 1.29 is 18.9 Å². The van der Waals surface area contributed by atoms with E-state index in [1.807, 2.05) is 47.3 Å². The molecule has 0 aliphatic rings. The molecule has 0 unspecified atom stereocenters. The number of hydrogen-bond donors (Lipinski definition) is 0. The molecule has 0 spiro atoms. The summed E-state index contributed by atoms with van der Waals surface area (Å²) in [5.74, 6) is 0.260. The van der Waals surface area contributed by atoms with Crippen molar-refractivity contribution in [2.45, 2.75) is 30.2 Å². The van der Waals surface area contributed by atoms with Crippen molar-refractivity contribution in [2.24, 2.45) is 0 Å². The molecule has 0 fully saturated rings. The fourth-order valence-electron chi connectivity index (χ4n) is 3.69. The highest BCUT2D eigenvalue weighted by molar-refractivity contribution is 8.00. The van der Waals surface area contributed by atoms with Crippen LogP contribution in [0.4, 0.5) is 0 Å². The number of carbonyl (C=O) groups is 2. The average Bonchev–Trinajstić information content (AvgIpc) is 3.22. The summed E-state index contributed by atoms with van der Waals surface area (Å²) in [4.78, 5) is 26.8. The van der Waals surface area contributed by atoms with Gasteiger partial charge < -0.3 is 4.74 Å². The van der Waals surface area contributed by atoms with Crippen molar-refractivity contribution in [3.63, 3.8) is 0 Å². The first-order chi connectivity index (χ1) is 17.0. The molecule has 4 nitrogen and oxygen atoms in total. The molecule has 0 radical (unpaired) electrons. The van der Waals surface area contributed by atoms with Crippen LogP contribution in [-0.2, 0) is 21.7 Å². The summed E-state index contributed by atoms with van der Waals surface area (Å²) < 4.78 is 8.22. The van der Waals surface area contributed by atoms with Gasteiger partial charge in [0.25, 0.3) is 0 Å². The van der Waals surface area contributed by atoms with Gasteiger partial charge in [0, 0.05) is 28.5 Å². The van der Waals surface area contributed by atoms with Crippen LogP contribution in [0.15, 0.2) is 83.3 Å². The maximum absolute atomic E-state index is 13.6. The van der Waals surface area contributed by atoms with E-state index >= 15 is 0 Å². The number of aromatic nitrogens is 1. The van der Waals surface area contributed by atoms with Crippen LogP contribution in [0, 0.1) is 6.92 Å². The number of halogens is 1. The summed E-state index contributed by atoms with van der Waals surface area (Å²) in [6.45, 7) is 4.16. The first-order valence-electron chi connectivity index (χ1n) is 11.2. The fourth-order valence-corrected chi connectivity index (χ4v) is 6.47. The van der Waals surface area contributed by atoms with E-state index in [9.17, 15) is 9.59 Å². The van der Waals surface area contributed by atoms with Crippen molar-refractivity contribution in [3.05, 3.63) is 111 Å². The van der Waals surface area contributed by atoms with Gasteiger partial charge in [0.05, 0.1) is 23.5 Å². The second-order valence-electron chi connectivity index (χ2n) is 7.86. The SMILES string of the molecule is CCOC(=O)Cc1c(C(=O)c2ccc(Cl)cc2)sc(SCc2ccccc2C)c1-[n+]1ccccc1. The molecule has 0 saturated carbocycles. The molecule has 2 aromatic carbocycles. The van der Waals surface area contributed by atoms with Gasteiger partial charge in [0.2, 0.25) is 11.5 Å². The number of hydrogen-bond acceptors (Lipinski definition) is 5. The zero-order valence-corrected chi connectivity index (χ0v) is 21.9. The lowest BCUT2D eigenvalue weighted by Crippen LogP contribution is -2.31. The average molecular weight is 523 g/mol. The van der Waals surface area contributed by atoms with Crippen molar-refractivity contribution in [3.8, 4) is 5.69 Å². The van der Waals surface area contributed by atoms with Gasteiger partial charge in [-0.2, -0.15) is 4.57 Å². The molecule has 0 bridgehead atoms. The first-order valence-corrected chi connectivity index (χ1v) is 13.4. The molecular formula is C28H25ClNO3S2+. The smallest absolute Gasteiger partial charge is 0.310 e. The number of aryl methyl sites for hydroxylation is 1. The normalized spacial score (nSPS) is 10.8. The summed E-state index contributed by atoms with van der Waals surface area (Å²) >= 11 is 9.14. The standard InChI is InChI=1S/C28H25ClNO3S2/c1-3-33-24(31)17-23-25(30-15-7-4-8-16-30)28(34-18-21-10-6-5-9-19(21)2)35-27(23)26(32)20-11-13-22(29)14-12-20/h4-16H,3,17-18H2,1-2H3/q+1. The number of thiophene rings is 1. The van der Waals surface area contributed by atoms with E-state index < -0.39 is 0 Å². The van der Waals surface area contributed by atoms with Crippen LogP contribution in [0.3, 0.4) is 0 Å². The Morgan fingerprint density at radius 3 is 2.40 bits per heavy atom. The van der Waals surface area contributed by atoms with Gasteiger partial charge in [-0.05, 0) is 49.2 Å². The predicted octanol–water partition coefficient (Wildman–Crippen LogP) is 6.62. The van der Waals surface area contributed by atoms with E-state index in [4.69, 9.17) is 16.3 Å². The second-order valence-corrected chi connectivity index (χ2v) is 10.6. The quantitative estimate of drug-likeness (QED) is 0.107. The van der Waals surface area contributed by atoms with E-state index in [2.05, 4.69) is 19.1 Å². The minimum Gasteiger partial charge on any atom is -0.466 e. The van der Waals surface area contributed by atoms with Gasteiger partial charge >= 0.3 is 5.97 Å². The largest absolute Gasteiger partial charge is 0.466 e. The Morgan fingerprint density at radius 2 is 1.71 bits per heavy atom. The third-order valence-electron chi connectivity index (χ3n) is 5.48. The van der Waals surface area contributed by atoms with Crippen molar-refractivity contribution >= 4 is 46.5 Å². The molecule has 2 heterocycles. The van der Waals surface area contributed by atoms with E-state index in [1.54, 1.807) is 43.0 Å². The third kappa shape index (κ3) is 6.01. The summed E-state index contributed by atoms with van der Waals surface area (Å²) in [7, 11) is 0. The number of nitrogens with zero attached hydrogens (tertiary/aromatic N) is 1. The van der Waals surface area contributed by atoms with E-state index in [-0.39, 0.29) is 24.8 Å². The van der Waals surface area contributed by atoms with E-state index in [0.29, 0.717) is 21.0 Å². The second kappa shape index (κ2) is 11.7. The Morgan fingerprint density at radius 1 is 1.00 bits per heavy atom. The van der Waals surface area contributed by atoms with Gasteiger partial charge in [-0.25, -0.2) is 0 Å². The van der Waals surface area contributed by atoms with Crippen molar-refractivity contribution in [1.82, 2.24) is 0 Å². The minimum absolute atomic E-state index is 0.0150. The Labute approximate surface area is 218 Å². The Bertz CT molecular complexity index is 1330. The van der Waals surface area contributed by atoms with Gasteiger partial charge in [-0.3, -0.25) is 9.59 Å². The summed E-state index contributed by atoms with van der Waals surface area (Å²) in [6, 6.07) is 20.9. The van der Waals surface area contributed by atoms with Gasteiger partial charge in [-0.1, -0.05) is 41.9 Å². The number of ether oxygens (including phenoxy) is 1. The van der Waals surface area contributed by atoms with Gasteiger partial charge in [0.1, 0.15) is 4.21 Å². The monoisotopic (exact) mass is 522 g/mol. The number of pyridine rings is 1. The number of thioether (sulfide) groups is 1. The predicted molar refractivity (Wildman–Crippen MR) is 142 cm³/mol. The van der Waals surface area contributed by atoms with Crippen LogP contribution in [0.5, 0.6) is 0 Å². The molecule has 4 rings (SSSR count). The molecule has 35 heavy (non-hydrogen) atoms. The third-order valence-corrected chi connectivity index (χ3v) is 8.26. The number of benzene rings is 2. The molecular weight excluding hydrogens is 498 g/mol. The van der Waals surface area contributed by atoms with Crippen molar-refractivity contribution in [2.75, 3.05) is 6.61 Å². The molecule has 0 aliphatic carbocycles. The first kappa shape index (κ1) is 25.2. The summed E-state index contributed by atoms with van der Waals surface area (Å²) in [5.41, 5.74) is 4.50. The minimum atomic E-state index is -0.358. The van der Waals surface area contributed by atoms with Gasteiger partial charge in [0.15, 0.2) is 12.4 Å². The van der Waals surface area contributed by atoms with Crippen LogP contribution in [0.1, 0.15) is 38.8 Å². The lowest BCUT2D eigenvalue weighted by molar-refractivity contribution is -0.598. The molecule has 7 heteroatoms. The maximum Gasteiger partial charge on any atom is 0.310 e. The topological polar surface area (TPSA) is 47.3 Å². The Hall–Kier alpha value is -2.93. The highest BCUT2D eigenvalue weighted by Crippen LogP contribution is 2.40. The highest BCUT2D eigenvalue weighted by Gasteiger charge is 2.31. The number of ketones is 1. The molecule has 4 aromatic rings. The van der Waals surface area contributed by atoms with Gasteiger partial charge in [-0.15, -0.1) is 23.1 Å². The number of esters is 1. The maximum atomic E-state index is 13.6. The van der Waals surface area contributed by atoms with Crippen LogP contribution in [0.2, 0.25) is 5.02 Å². The fraction of sp³-hybridized carbons (Fsp3) is 0.179. The Kier molecular flexibility index (Phi) is 8.39. The van der Waals surface area contributed by atoms with Crippen LogP contribution in [-0.4, -0.2) is 18.4 Å². The molecule has 0 N–H and O–H groups in total. The number of carbonyl (C=O) groups excluding carboxylic acids is 2. The zero-order valence-electron chi connectivity index (χ0n) is 19.5. The zero-order chi connectivity index (χ0) is 24.8. The summed E-state index contributed by atoms with van der Waals surface area (Å²) in [5, 5.41) is 0.564. The van der Waals surface area contributed by atoms with E-state index in [1.165, 1.54) is 22.5 Å². The van der Waals surface area contributed by atoms with Crippen LogP contribution in [0.25, 0.3) is 5.69 Å². The lowest BCUT2D eigenvalue weighted by Gasteiger charge is -2.06. The molecule has 0 saturated heterocycles. The number of rotatable bonds is 9. The lowest BCUT2D eigenvalue weighted by atomic mass is 10.0. The molecule has 178 valence electrons. The van der Waals surface area contributed by atoms with E-state index in [0.717, 1.165) is 15.6 Å². The highest BCUT2D eigenvalue weighted by atomic mass is 35.5. The van der Waals surface area contributed by atoms with Crippen molar-refractivity contribution in [1.29, 1.82) is 0 Å². The van der Waals surface area contributed by atoms with Crippen LogP contribution < -0.4 is 4.57 Å². The molecule has 2 aromatic heterocycles.